The van der Waals surface area contributed by atoms with Crippen LogP contribution in [0.15, 0.2) is 46.8 Å². The quantitative estimate of drug-likeness (QED) is 0.632. The second-order valence-corrected chi connectivity index (χ2v) is 5.16. The van der Waals surface area contributed by atoms with Gasteiger partial charge in [0.1, 0.15) is 0 Å². The molecular formula is C13H11F3N2O2S. The first-order chi connectivity index (χ1) is 9.89. The SMILES string of the molecule is C=CCN1C(=O)COC1=Nc1cccc(SC(F)(F)F)c1. The normalized spacial score (nSPS) is 17.2. The molecule has 0 bridgehead atoms. The third kappa shape index (κ3) is 4.25. The smallest absolute Gasteiger partial charge is 0.446 e. The van der Waals surface area contributed by atoms with E-state index >= 15 is 0 Å². The van der Waals surface area contributed by atoms with Crippen LogP contribution in [-0.4, -0.2) is 35.5 Å². The molecular weight excluding hydrogens is 305 g/mol. The fraction of sp³-hybridized carbons (Fsp3) is 0.231. The number of amides is 1. The Balaban J connectivity index is 2.22. The number of aliphatic imine (C=N–C) groups is 1. The zero-order valence-corrected chi connectivity index (χ0v) is 11.6. The van der Waals surface area contributed by atoms with Crippen molar-refractivity contribution in [2.24, 2.45) is 4.99 Å². The van der Waals surface area contributed by atoms with E-state index in [9.17, 15) is 18.0 Å². The standard InChI is InChI=1S/C13H11F3N2O2S/c1-2-6-18-11(19)8-20-12(18)17-9-4-3-5-10(7-9)21-13(14,15)16/h2-5,7H,1,6,8H2. The van der Waals surface area contributed by atoms with Gasteiger partial charge in [0.2, 0.25) is 0 Å². The molecule has 0 aliphatic carbocycles. The van der Waals surface area contributed by atoms with Crippen molar-refractivity contribution >= 4 is 29.4 Å². The van der Waals surface area contributed by atoms with Crippen LogP contribution in [0.1, 0.15) is 0 Å². The maximum atomic E-state index is 12.3. The van der Waals surface area contributed by atoms with Crippen molar-refractivity contribution in [2.45, 2.75) is 10.4 Å². The molecule has 0 radical (unpaired) electrons. The summed E-state index contributed by atoms with van der Waals surface area (Å²) in [6.07, 6.45) is 1.51. The lowest BCUT2D eigenvalue weighted by atomic mass is 10.3. The van der Waals surface area contributed by atoms with Gasteiger partial charge in [-0.15, -0.1) is 6.58 Å². The molecule has 21 heavy (non-hydrogen) atoms. The molecule has 1 amide bonds. The van der Waals surface area contributed by atoms with Gasteiger partial charge in [-0.3, -0.25) is 9.69 Å². The summed E-state index contributed by atoms with van der Waals surface area (Å²) >= 11 is -0.222. The predicted molar refractivity (Wildman–Crippen MR) is 73.3 cm³/mol. The Bertz CT molecular complexity index is 587. The summed E-state index contributed by atoms with van der Waals surface area (Å²) in [7, 11) is 0. The van der Waals surface area contributed by atoms with E-state index in [1.54, 1.807) is 0 Å². The van der Waals surface area contributed by atoms with Crippen LogP contribution in [0.3, 0.4) is 0 Å². The van der Waals surface area contributed by atoms with E-state index in [2.05, 4.69) is 11.6 Å². The first-order valence-corrected chi connectivity index (χ1v) is 6.69. The molecule has 8 heteroatoms. The van der Waals surface area contributed by atoms with Gasteiger partial charge in [-0.2, -0.15) is 18.2 Å². The summed E-state index contributed by atoms with van der Waals surface area (Å²) in [5.74, 6) is -0.269. The highest BCUT2D eigenvalue weighted by Crippen LogP contribution is 2.37. The summed E-state index contributed by atoms with van der Waals surface area (Å²) in [5, 5.41) is 0. The Kier molecular flexibility index (Phi) is 4.56. The second-order valence-electron chi connectivity index (χ2n) is 4.02. The van der Waals surface area contributed by atoms with Gasteiger partial charge in [0, 0.05) is 11.4 Å². The fourth-order valence-electron chi connectivity index (χ4n) is 1.65. The number of ether oxygens (including phenoxy) is 1. The van der Waals surface area contributed by atoms with Gasteiger partial charge in [0.05, 0.1) is 5.69 Å². The van der Waals surface area contributed by atoms with Crippen LogP contribution in [0.25, 0.3) is 0 Å². The topological polar surface area (TPSA) is 41.9 Å². The number of hydrogen-bond acceptors (Lipinski definition) is 4. The number of alkyl halides is 3. The Hall–Kier alpha value is -1.96. The Morgan fingerprint density at radius 2 is 2.24 bits per heavy atom. The summed E-state index contributed by atoms with van der Waals surface area (Å²) in [4.78, 5) is 16.9. The van der Waals surface area contributed by atoms with Crippen molar-refractivity contribution in [3.8, 4) is 0 Å². The second kappa shape index (κ2) is 6.21. The molecule has 1 heterocycles. The maximum Gasteiger partial charge on any atom is 0.446 e. The zero-order chi connectivity index (χ0) is 15.5. The molecule has 1 aliphatic heterocycles. The van der Waals surface area contributed by atoms with E-state index in [1.165, 1.54) is 35.2 Å². The zero-order valence-electron chi connectivity index (χ0n) is 10.8. The third-order valence-corrected chi connectivity index (χ3v) is 3.17. The number of carbonyl (C=O) groups is 1. The number of hydrogen-bond donors (Lipinski definition) is 0. The minimum absolute atomic E-state index is 0.0175. The Labute approximate surface area is 123 Å². The molecule has 0 unspecified atom stereocenters. The minimum atomic E-state index is -4.36. The van der Waals surface area contributed by atoms with E-state index in [1.807, 2.05) is 0 Å². The number of rotatable bonds is 4. The summed E-state index contributed by atoms with van der Waals surface area (Å²) in [6, 6.07) is 5.68. The van der Waals surface area contributed by atoms with Gasteiger partial charge in [-0.25, -0.2) is 0 Å². The van der Waals surface area contributed by atoms with Crippen LogP contribution < -0.4 is 0 Å². The van der Waals surface area contributed by atoms with Crippen molar-refractivity contribution in [3.63, 3.8) is 0 Å². The molecule has 0 saturated carbocycles. The number of nitrogens with zero attached hydrogens (tertiary/aromatic N) is 2. The lowest BCUT2D eigenvalue weighted by Crippen LogP contribution is -2.29. The molecule has 2 rings (SSSR count). The molecule has 4 nitrogen and oxygen atoms in total. The molecule has 1 aromatic rings. The largest absolute Gasteiger partial charge is 0.454 e. The van der Waals surface area contributed by atoms with E-state index < -0.39 is 5.51 Å². The maximum absolute atomic E-state index is 12.3. The molecule has 0 aromatic heterocycles. The van der Waals surface area contributed by atoms with Crippen molar-refractivity contribution in [2.75, 3.05) is 13.2 Å². The highest BCUT2D eigenvalue weighted by molar-refractivity contribution is 8.00. The van der Waals surface area contributed by atoms with E-state index in [0.717, 1.165) is 0 Å². The summed E-state index contributed by atoms with van der Waals surface area (Å²) in [5.41, 5.74) is -4.08. The molecule has 0 N–H and O–H groups in total. The Morgan fingerprint density at radius 1 is 1.48 bits per heavy atom. The summed E-state index contributed by atoms with van der Waals surface area (Å²) in [6.45, 7) is 3.62. The predicted octanol–water partition coefficient (Wildman–Crippen LogP) is 3.33. The van der Waals surface area contributed by atoms with Gasteiger partial charge in [-0.1, -0.05) is 12.1 Å². The highest BCUT2D eigenvalue weighted by Gasteiger charge is 2.30. The number of amidine groups is 1. The third-order valence-electron chi connectivity index (χ3n) is 2.44. The number of benzene rings is 1. The van der Waals surface area contributed by atoms with Gasteiger partial charge < -0.3 is 4.74 Å². The number of thioether (sulfide) groups is 1. The van der Waals surface area contributed by atoms with Gasteiger partial charge in [0.15, 0.2) is 6.61 Å². The number of carbonyl (C=O) groups excluding carboxylic acids is 1. The molecule has 1 aromatic carbocycles. The Morgan fingerprint density at radius 3 is 2.90 bits per heavy atom. The van der Waals surface area contributed by atoms with Gasteiger partial charge in [0.25, 0.3) is 11.9 Å². The monoisotopic (exact) mass is 316 g/mol. The molecule has 0 spiro atoms. The first kappa shape index (κ1) is 15.4. The van der Waals surface area contributed by atoms with Gasteiger partial charge in [-0.05, 0) is 30.0 Å². The minimum Gasteiger partial charge on any atom is -0.454 e. The number of halogens is 3. The highest BCUT2D eigenvalue weighted by atomic mass is 32.2. The molecule has 1 aliphatic rings. The van der Waals surface area contributed by atoms with Crippen LogP contribution in [0, 0.1) is 0 Å². The van der Waals surface area contributed by atoms with E-state index in [0.29, 0.717) is 0 Å². The van der Waals surface area contributed by atoms with Crippen molar-refractivity contribution in [1.29, 1.82) is 0 Å². The average molecular weight is 316 g/mol. The van der Waals surface area contributed by atoms with Crippen molar-refractivity contribution in [3.05, 3.63) is 36.9 Å². The van der Waals surface area contributed by atoms with Crippen LogP contribution in [0.5, 0.6) is 0 Å². The lowest BCUT2D eigenvalue weighted by molar-refractivity contribution is -0.125. The van der Waals surface area contributed by atoms with E-state index in [-0.39, 0.29) is 47.4 Å². The van der Waals surface area contributed by atoms with Crippen molar-refractivity contribution in [1.82, 2.24) is 4.90 Å². The van der Waals surface area contributed by atoms with Crippen LogP contribution >= 0.6 is 11.8 Å². The van der Waals surface area contributed by atoms with Crippen LogP contribution in [-0.2, 0) is 9.53 Å². The van der Waals surface area contributed by atoms with Gasteiger partial charge >= 0.3 is 5.51 Å². The van der Waals surface area contributed by atoms with E-state index in [4.69, 9.17) is 4.74 Å². The summed E-state index contributed by atoms with van der Waals surface area (Å²) < 4.78 is 42.1. The molecule has 0 atom stereocenters. The van der Waals surface area contributed by atoms with Crippen molar-refractivity contribution < 1.29 is 22.7 Å². The average Bonchev–Trinajstić information content (AvgIpc) is 2.70. The van der Waals surface area contributed by atoms with Crippen LogP contribution in [0.2, 0.25) is 0 Å². The molecule has 112 valence electrons. The van der Waals surface area contributed by atoms with Crippen LogP contribution in [0.4, 0.5) is 18.9 Å². The molecule has 1 fully saturated rings. The molecule has 1 saturated heterocycles. The fourth-order valence-corrected chi connectivity index (χ4v) is 2.24. The first-order valence-electron chi connectivity index (χ1n) is 5.87. The lowest BCUT2D eigenvalue weighted by Gasteiger charge is -2.11.